The molecule has 0 amide bonds. The van der Waals surface area contributed by atoms with Crippen molar-refractivity contribution in [3.63, 3.8) is 0 Å². The zero-order chi connectivity index (χ0) is 12.9. The number of oxazole rings is 1. The highest BCUT2D eigenvalue weighted by Crippen LogP contribution is 2.24. The van der Waals surface area contributed by atoms with Gasteiger partial charge in [-0.05, 0) is 0 Å². The molecule has 1 aromatic heterocycles. The van der Waals surface area contributed by atoms with E-state index in [4.69, 9.17) is 9.68 Å². The van der Waals surface area contributed by atoms with Crippen LogP contribution >= 0.6 is 0 Å². The number of nitrogens with zero attached hydrogens (tertiary/aromatic N) is 2. The van der Waals surface area contributed by atoms with Crippen molar-refractivity contribution in [1.82, 2.24) is 10.3 Å². The molecule has 7 heteroatoms. The maximum Gasteiger partial charge on any atom is 0.405 e. The molecule has 94 valence electrons. The van der Waals surface area contributed by atoms with Gasteiger partial charge in [0.1, 0.15) is 5.76 Å². The molecule has 0 fully saturated rings. The molecule has 1 rings (SSSR count). The van der Waals surface area contributed by atoms with Gasteiger partial charge in [0.05, 0.1) is 18.8 Å². The Morgan fingerprint density at radius 3 is 2.76 bits per heavy atom. The second-order valence-electron chi connectivity index (χ2n) is 3.43. The lowest BCUT2D eigenvalue weighted by molar-refractivity contribution is -0.157. The summed E-state index contributed by atoms with van der Waals surface area (Å²) >= 11 is 0. The van der Waals surface area contributed by atoms with Crippen LogP contribution in [0.25, 0.3) is 0 Å². The average Bonchev–Trinajstić information content (AvgIpc) is 2.70. The molecule has 0 saturated heterocycles. The van der Waals surface area contributed by atoms with Gasteiger partial charge in [-0.3, -0.25) is 0 Å². The maximum absolute atomic E-state index is 12.2. The zero-order valence-corrected chi connectivity index (χ0v) is 9.21. The molecular formula is C10H12F3N3O. The van der Waals surface area contributed by atoms with Crippen LogP contribution in [0.2, 0.25) is 0 Å². The van der Waals surface area contributed by atoms with E-state index in [9.17, 15) is 13.2 Å². The van der Waals surface area contributed by atoms with E-state index in [1.807, 2.05) is 6.92 Å². The summed E-state index contributed by atoms with van der Waals surface area (Å²) in [6.45, 7) is 1.49. The Labute approximate surface area is 96.4 Å². The van der Waals surface area contributed by atoms with Gasteiger partial charge >= 0.3 is 6.18 Å². The number of hydrogen-bond donors (Lipinski definition) is 1. The third-order valence-electron chi connectivity index (χ3n) is 2.13. The average molecular weight is 247 g/mol. The van der Waals surface area contributed by atoms with E-state index in [1.54, 1.807) is 0 Å². The molecular weight excluding hydrogens is 235 g/mol. The van der Waals surface area contributed by atoms with Crippen LogP contribution in [0.1, 0.15) is 18.6 Å². The first-order valence-corrected chi connectivity index (χ1v) is 5.08. The van der Waals surface area contributed by atoms with Crippen molar-refractivity contribution < 1.29 is 17.6 Å². The van der Waals surface area contributed by atoms with Crippen molar-refractivity contribution in [2.75, 3.05) is 6.54 Å². The van der Waals surface area contributed by atoms with Crippen molar-refractivity contribution in [1.29, 1.82) is 5.26 Å². The second-order valence-corrected chi connectivity index (χ2v) is 3.43. The molecule has 4 nitrogen and oxygen atoms in total. The first-order chi connectivity index (χ1) is 7.97. The molecule has 0 bridgehead atoms. The summed E-state index contributed by atoms with van der Waals surface area (Å²) in [6, 6.07) is 1.21. The van der Waals surface area contributed by atoms with Gasteiger partial charge < -0.3 is 9.73 Å². The number of nitrogens with one attached hydrogen (secondary N) is 1. The number of aryl methyl sites for hydroxylation is 1. The molecule has 0 radical (unpaired) electrons. The SMILES string of the molecule is CCc1cnc(CNCC(C#N)C(F)(F)F)o1. The van der Waals surface area contributed by atoms with Crippen molar-refractivity contribution in [3.05, 3.63) is 17.8 Å². The Bertz CT molecular complexity index is 394. The number of halogens is 3. The van der Waals surface area contributed by atoms with Gasteiger partial charge in [0.25, 0.3) is 0 Å². The Morgan fingerprint density at radius 2 is 2.29 bits per heavy atom. The molecule has 1 heterocycles. The summed E-state index contributed by atoms with van der Waals surface area (Å²) in [7, 11) is 0. The van der Waals surface area contributed by atoms with E-state index in [1.165, 1.54) is 12.3 Å². The van der Waals surface area contributed by atoms with Crippen molar-refractivity contribution in [2.24, 2.45) is 5.92 Å². The second kappa shape index (κ2) is 5.68. The Balaban J connectivity index is 2.39. The van der Waals surface area contributed by atoms with Gasteiger partial charge in [-0.25, -0.2) is 4.98 Å². The number of hydrogen-bond acceptors (Lipinski definition) is 4. The zero-order valence-electron chi connectivity index (χ0n) is 9.21. The fourth-order valence-electron chi connectivity index (χ4n) is 1.15. The van der Waals surface area contributed by atoms with Crippen LogP contribution in [0.3, 0.4) is 0 Å². The fourth-order valence-corrected chi connectivity index (χ4v) is 1.15. The van der Waals surface area contributed by atoms with Crippen molar-refractivity contribution in [2.45, 2.75) is 26.1 Å². The molecule has 0 spiro atoms. The minimum atomic E-state index is -4.51. The summed E-state index contributed by atoms with van der Waals surface area (Å²) in [5.74, 6) is -1.02. The number of aromatic nitrogens is 1. The molecule has 17 heavy (non-hydrogen) atoms. The number of rotatable bonds is 5. The lowest BCUT2D eigenvalue weighted by atomic mass is 10.1. The van der Waals surface area contributed by atoms with Crippen LogP contribution in [0.5, 0.6) is 0 Å². The molecule has 1 aromatic rings. The summed E-state index contributed by atoms with van der Waals surface area (Å²) in [5.41, 5.74) is 0. The normalized spacial score (nSPS) is 13.4. The smallest absolute Gasteiger partial charge is 0.405 e. The van der Waals surface area contributed by atoms with Crippen LogP contribution in [-0.4, -0.2) is 17.7 Å². The van der Waals surface area contributed by atoms with E-state index in [-0.39, 0.29) is 6.54 Å². The largest absolute Gasteiger partial charge is 0.444 e. The Morgan fingerprint density at radius 1 is 1.59 bits per heavy atom. The Kier molecular flexibility index (Phi) is 4.52. The molecule has 1 unspecified atom stereocenters. The number of alkyl halides is 3. The minimum Gasteiger partial charge on any atom is -0.444 e. The highest BCUT2D eigenvalue weighted by atomic mass is 19.4. The molecule has 0 aromatic carbocycles. The first kappa shape index (κ1) is 13.5. The topological polar surface area (TPSA) is 61.9 Å². The quantitative estimate of drug-likeness (QED) is 0.864. The summed E-state index contributed by atoms with van der Waals surface area (Å²) in [4.78, 5) is 3.88. The predicted molar refractivity (Wildman–Crippen MR) is 52.7 cm³/mol. The maximum atomic E-state index is 12.2. The summed E-state index contributed by atoms with van der Waals surface area (Å²) in [6.07, 6.45) is -2.30. The van der Waals surface area contributed by atoms with E-state index in [0.717, 1.165) is 0 Å². The van der Waals surface area contributed by atoms with E-state index in [0.29, 0.717) is 18.1 Å². The van der Waals surface area contributed by atoms with Gasteiger partial charge in [-0.15, -0.1) is 0 Å². The monoisotopic (exact) mass is 247 g/mol. The van der Waals surface area contributed by atoms with Crippen LogP contribution in [0.4, 0.5) is 13.2 Å². The van der Waals surface area contributed by atoms with Gasteiger partial charge in [0.15, 0.2) is 5.92 Å². The molecule has 1 N–H and O–H groups in total. The molecule has 1 atom stereocenters. The van der Waals surface area contributed by atoms with E-state index in [2.05, 4.69) is 10.3 Å². The van der Waals surface area contributed by atoms with Crippen LogP contribution in [0, 0.1) is 17.2 Å². The highest BCUT2D eigenvalue weighted by Gasteiger charge is 2.39. The summed E-state index contributed by atoms with van der Waals surface area (Å²) < 4.78 is 41.8. The highest BCUT2D eigenvalue weighted by molar-refractivity contribution is 4.94. The third kappa shape index (κ3) is 4.07. The van der Waals surface area contributed by atoms with Gasteiger partial charge in [-0.1, -0.05) is 6.92 Å². The molecule has 0 saturated carbocycles. The van der Waals surface area contributed by atoms with Crippen LogP contribution in [0.15, 0.2) is 10.6 Å². The minimum absolute atomic E-state index is 0.0776. The van der Waals surface area contributed by atoms with Crippen molar-refractivity contribution in [3.8, 4) is 6.07 Å². The van der Waals surface area contributed by atoms with Gasteiger partial charge in [0.2, 0.25) is 5.89 Å². The Hall–Kier alpha value is -1.55. The standard InChI is InChI=1S/C10H12F3N3O/c1-2-8-5-16-9(17-8)6-15-4-7(3-14)10(11,12)13/h5,7,15H,2,4,6H2,1H3. The van der Waals surface area contributed by atoms with Crippen LogP contribution < -0.4 is 5.32 Å². The third-order valence-corrected chi connectivity index (χ3v) is 2.13. The van der Waals surface area contributed by atoms with E-state index >= 15 is 0 Å². The molecule has 0 aliphatic heterocycles. The van der Waals surface area contributed by atoms with Crippen LogP contribution in [-0.2, 0) is 13.0 Å². The van der Waals surface area contributed by atoms with Crippen molar-refractivity contribution >= 4 is 0 Å². The summed E-state index contributed by atoms with van der Waals surface area (Å²) in [5, 5.41) is 10.8. The lowest BCUT2D eigenvalue weighted by Crippen LogP contribution is -2.32. The molecule has 0 aliphatic rings. The predicted octanol–water partition coefficient (Wildman–Crippen LogP) is 2.03. The number of nitriles is 1. The molecule has 0 aliphatic carbocycles. The van der Waals surface area contributed by atoms with Gasteiger partial charge in [-0.2, -0.15) is 18.4 Å². The first-order valence-electron chi connectivity index (χ1n) is 5.08. The van der Waals surface area contributed by atoms with Gasteiger partial charge in [0, 0.05) is 13.0 Å². The fraction of sp³-hybridized carbons (Fsp3) is 0.600. The van der Waals surface area contributed by atoms with E-state index < -0.39 is 18.6 Å². The lowest BCUT2D eigenvalue weighted by Gasteiger charge is -2.12.